The molecule has 9 heavy (non-hydrogen) atoms. The summed E-state index contributed by atoms with van der Waals surface area (Å²) in [7, 11) is 0. The summed E-state index contributed by atoms with van der Waals surface area (Å²) in [5.41, 5.74) is 0. The monoisotopic (exact) mass is 233 g/mol. The third-order valence-electron chi connectivity index (χ3n) is 0. The summed E-state index contributed by atoms with van der Waals surface area (Å²) in [5, 5.41) is 0. The molecule has 7 N–H and O–H groups in total. The minimum atomic E-state index is 0. The van der Waals surface area contributed by atoms with E-state index in [1.54, 1.807) is 0 Å². The summed E-state index contributed by atoms with van der Waals surface area (Å²) in [6, 6.07) is 0. The molecule has 0 aromatic rings. The largest absolute Gasteiger partial charge is 4.00 e. The first kappa shape index (κ1) is 1340. The van der Waals surface area contributed by atoms with E-state index in [0.717, 1.165) is 0 Å². The van der Waals surface area contributed by atoms with Gasteiger partial charge in [0.15, 0.2) is 0 Å². The van der Waals surface area contributed by atoms with Crippen molar-refractivity contribution >= 4 is 0 Å². The minimum Gasteiger partial charge on any atom is -0.870 e. The van der Waals surface area contributed by atoms with Crippen LogP contribution >= 0.6 is 0 Å². The van der Waals surface area contributed by atoms with Crippen LogP contribution in [0.3, 0.4) is 0 Å². The minimum absolute atomic E-state index is 0. The zero-order valence-electron chi connectivity index (χ0n) is 3.84. The van der Waals surface area contributed by atoms with Crippen molar-refractivity contribution in [2.75, 3.05) is 0 Å². The average molecular weight is 233 g/mol. The van der Waals surface area contributed by atoms with Crippen LogP contribution in [-0.2, 0) is 33.8 Å². The quantitative estimate of drug-likeness (QED) is 0.463. The molecule has 0 aliphatic heterocycles. The van der Waals surface area contributed by atoms with Crippen LogP contribution in [0.4, 0.5) is 0 Å². The summed E-state index contributed by atoms with van der Waals surface area (Å²) < 4.78 is 0. The van der Waals surface area contributed by atoms with Crippen LogP contribution < -0.4 is 0 Å². The summed E-state index contributed by atoms with van der Waals surface area (Å²) in [5.74, 6) is 0. The van der Waals surface area contributed by atoms with E-state index in [1.807, 2.05) is 0 Å². The maximum absolute atomic E-state index is 0. The van der Waals surface area contributed by atoms with Crippen molar-refractivity contribution in [2.24, 2.45) is 0 Å². The van der Waals surface area contributed by atoms with Gasteiger partial charge >= 0.3 is 33.8 Å². The normalized spacial score (nSPS) is 0. The molecule has 0 aliphatic rings. The van der Waals surface area contributed by atoms with Gasteiger partial charge in [0.1, 0.15) is 0 Å². The van der Waals surface area contributed by atoms with E-state index >= 15 is 0 Å². The molecule has 0 amide bonds. The van der Waals surface area contributed by atoms with Gasteiger partial charge in [-0.2, -0.15) is 0 Å². The van der Waals surface area contributed by atoms with Gasteiger partial charge in [0.25, 0.3) is 0 Å². The Morgan fingerprint density at radius 3 is 0.333 bits per heavy atom. The van der Waals surface area contributed by atoms with Crippen molar-refractivity contribution in [2.45, 2.75) is 0 Å². The molecule has 1 radical (unpaired) electrons. The molecule has 7 nitrogen and oxygen atoms in total. The predicted octanol–water partition coefficient (Wildman–Crippen LogP) is -1.24. The SMILES string of the molecule is [Co+3].[Mn+4].[OH-].[OH-].[OH-].[OH-].[OH-].[OH-].[OH-]. The fourth-order valence-corrected chi connectivity index (χ4v) is 0. The van der Waals surface area contributed by atoms with Gasteiger partial charge in [0.2, 0.25) is 0 Å². The molecule has 0 rings (SSSR count). The van der Waals surface area contributed by atoms with Crippen molar-refractivity contribution < 1.29 is 72.2 Å². The topological polar surface area (TPSA) is 210 Å². The van der Waals surface area contributed by atoms with E-state index in [9.17, 15) is 0 Å². The summed E-state index contributed by atoms with van der Waals surface area (Å²) in [4.78, 5) is 0. The second-order valence-corrected chi connectivity index (χ2v) is 0. The Balaban J connectivity index is 0. The number of hydrogen-bond donors (Lipinski definition) is 0. The van der Waals surface area contributed by atoms with Gasteiger partial charge in [-0.1, -0.05) is 0 Å². The maximum Gasteiger partial charge on any atom is 4.00 e. The molecule has 0 spiro atoms. The molecule has 0 fully saturated rings. The molecule has 65 valence electrons. The molecule has 0 heterocycles. The molecular formula is H7CoMnO7. The Morgan fingerprint density at radius 2 is 0.333 bits per heavy atom. The second-order valence-electron chi connectivity index (χ2n) is 0. The summed E-state index contributed by atoms with van der Waals surface area (Å²) in [6.45, 7) is 0. The van der Waals surface area contributed by atoms with E-state index in [2.05, 4.69) is 0 Å². The zero-order valence-corrected chi connectivity index (χ0v) is 6.06. The van der Waals surface area contributed by atoms with Gasteiger partial charge in [0.05, 0.1) is 0 Å². The first-order chi connectivity index (χ1) is 0. The first-order valence-electron chi connectivity index (χ1n) is 0. The van der Waals surface area contributed by atoms with Gasteiger partial charge in [0, 0.05) is 0 Å². The van der Waals surface area contributed by atoms with Crippen LogP contribution in [0.5, 0.6) is 0 Å². The van der Waals surface area contributed by atoms with Gasteiger partial charge in [-0.15, -0.1) is 0 Å². The van der Waals surface area contributed by atoms with Crippen molar-refractivity contribution in [3.63, 3.8) is 0 Å². The van der Waals surface area contributed by atoms with E-state index in [-0.39, 0.29) is 72.2 Å². The zero-order chi connectivity index (χ0) is 0. The van der Waals surface area contributed by atoms with E-state index < -0.39 is 0 Å². The Kier molecular flexibility index (Phi) is 140000. The van der Waals surface area contributed by atoms with Crippen molar-refractivity contribution in [3.05, 3.63) is 0 Å². The fraction of sp³-hybridized carbons (Fsp3) is 0. The van der Waals surface area contributed by atoms with E-state index in [4.69, 9.17) is 0 Å². The molecule has 0 saturated carbocycles. The molecule has 0 aromatic heterocycles. The van der Waals surface area contributed by atoms with Crippen LogP contribution in [0.25, 0.3) is 0 Å². The number of rotatable bonds is 0. The molecule has 9 heteroatoms. The van der Waals surface area contributed by atoms with Crippen molar-refractivity contribution in [3.8, 4) is 0 Å². The second kappa shape index (κ2) is 943. The van der Waals surface area contributed by atoms with Gasteiger partial charge < -0.3 is 38.3 Å². The Morgan fingerprint density at radius 1 is 0.333 bits per heavy atom. The molecular weight excluding hydrogens is 226 g/mol. The molecule has 0 bridgehead atoms. The van der Waals surface area contributed by atoms with Crippen LogP contribution in [0, 0.1) is 0 Å². The Bertz CT molecular complexity index is 8.88. The smallest absolute Gasteiger partial charge is 0.870 e. The third kappa shape index (κ3) is 715. The third-order valence-corrected chi connectivity index (χ3v) is 0. The molecule has 0 aromatic carbocycles. The summed E-state index contributed by atoms with van der Waals surface area (Å²) in [6.07, 6.45) is 0. The van der Waals surface area contributed by atoms with Crippen LogP contribution in [0.2, 0.25) is 0 Å². The standard InChI is InChI=1S/Co.Mn.7H2O/h;;7*1H2/q+3;+4;;;;;;;/p-7. The van der Waals surface area contributed by atoms with Crippen LogP contribution in [-0.4, -0.2) is 38.3 Å². The fourth-order valence-electron chi connectivity index (χ4n) is 0. The predicted molar refractivity (Wildman–Crippen MR) is 13.6 cm³/mol. The van der Waals surface area contributed by atoms with Gasteiger partial charge in [-0.25, -0.2) is 0 Å². The Hall–Kier alpha value is 0.746. The molecule has 0 atom stereocenters. The molecule has 0 saturated heterocycles. The average Bonchev–Trinajstić information content (AvgIpc) is 0. The van der Waals surface area contributed by atoms with Crippen molar-refractivity contribution in [1.82, 2.24) is 0 Å². The maximum atomic E-state index is 0. The van der Waals surface area contributed by atoms with Crippen LogP contribution in [0.1, 0.15) is 0 Å². The van der Waals surface area contributed by atoms with Gasteiger partial charge in [-0.3, -0.25) is 0 Å². The van der Waals surface area contributed by atoms with E-state index in [0.29, 0.717) is 0 Å². The van der Waals surface area contributed by atoms with Gasteiger partial charge in [-0.05, 0) is 0 Å². The molecule has 0 aliphatic carbocycles. The Labute approximate surface area is 72.6 Å². The first-order valence-corrected chi connectivity index (χ1v) is 0. The van der Waals surface area contributed by atoms with Crippen LogP contribution in [0.15, 0.2) is 0 Å². The summed E-state index contributed by atoms with van der Waals surface area (Å²) >= 11 is 0. The number of hydrogen-bond acceptors (Lipinski definition) is 7. The molecule has 0 unspecified atom stereocenters. The van der Waals surface area contributed by atoms with Crippen molar-refractivity contribution in [1.29, 1.82) is 0 Å². The van der Waals surface area contributed by atoms with E-state index in [1.165, 1.54) is 0 Å².